The minimum atomic E-state index is 0.121. The molecule has 2 N–H and O–H groups in total. The van der Waals surface area contributed by atoms with Gasteiger partial charge in [0.25, 0.3) is 0 Å². The first-order valence-electron chi connectivity index (χ1n) is 7.32. The Morgan fingerprint density at radius 3 is 2.89 bits per heavy atom. The van der Waals surface area contributed by atoms with E-state index >= 15 is 0 Å². The lowest BCUT2D eigenvalue weighted by molar-refractivity contribution is -0.120. The number of carbonyl (C=O) groups excluding carboxylic acids is 1. The highest BCUT2D eigenvalue weighted by Gasteiger charge is 2.13. The summed E-state index contributed by atoms with van der Waals surface area (Å²) < 4.78 is 0. The summed E-state index contributed by atoms with van der Waals surface area (Å²) in [4.78, 5) is 11.4. The molecule has 1 unspecified atom stereocenters. The summed E-state index contributed by atoms with van der Waals surface area (Å²) in [6.07, 6.45) is 4.28. The van der Waals surface area contributed by atoms with Crippen LogP contribution in [0.3, 0.4) is 0 Å². The van der Waals surface area contributed by atoms with Crippen molar-refractivity contribution in [2.75, 3.05) is 13.1 Å². The summed E-state index contributed by atoms with van der Waals surface area (Å²) in [5.74, 6) is 0.121. The number of fused-ring (bicyclic) bond motifs is 1. The van der Waals surface area contributed by atoms with Crippen LogP contribution in [-0.4, -0.2) is 19.0 Å². The van der Waals surface area contributed by atoms with Crippen LogP contribution < -0.4 is 10.6 Å². The molecule has 1 aliphatic rings. The minimum Gasteiger partial charge on any atom is -0.356 e. The zero-order valence-corrected chi connectivity index (χ0v) is 12.0. The Labute approximate surface area is 115 Å². The van der Waals surface area contributed by atoms with Gasteiger partial charge in [0, 0.05) is 25.6 Å². The predicted molar refractivity (Wildman–Crippen MR) is 78.2 cm³/mol. The van der Waals surface area contributed by atoms with Crippen molar-refractivity contribution in [1.29, 1.82) is 0 Å². The summed E-state index contributed by atoms with van der Waals surface area (Å²) in [5, 5.41) is 6.23. The van der Waals surface area contributed by atoms with E-state index in [-0.39, 0.29) is 5.91 Å². The van der Waals surface area contributed by atoms with Crippen LogP contribution in [0.2, 0.25) is 0 Å². The molecule has 0 radical (unpaired) electrons. The van der Waals surface area contributed by atoms with Crippen molar-refractivity contribution in [1.82, 2.24) is 10.6 Å². The number of hydrogen-bond donors (Lipinski definition) is 2. The third-order valence-electron chi connectivity index (χ3n) is 3.80. The summed E-state index contributed by atoms with van der Waals surface area (Å²) >= 11 is 0. The van der Waals surface area contributed by atoms with E-state index in [1.54, 1.807) is 0 Å². The summed E-state index contributed by atoms with van der Waals surface area (Å²) in [6.45, 7) is 5.54. The van der Waals surface area contributed by atoms with E-state index < -0.39 is 0 Å². The lowest BCUT2D eigenvalue weighted by Crippen LogP contribution is -2.28. The molecule has 0 heterocycles. The topological polar surface area (TPSA) is 41.1 Å². The molecule has 1 aliphatic carbocycles. The molecule has 1 atom stereocenters. The SMILES string of the molecule is CCNC(=O)CCNC(C)c1ccc2c(c1)CCC2. The van der Waals surface area contributed by atoms with Crippen molar-refractivity contribution in [3.63, 3.8) is 0 Å². The van der Waals surface area contributed by atoms with Gasteiger partial charge in [0.1, 0.15) is 0 Å². The van der Waals surface area contributed by atoms with Crippen LogP contribution in [0, 0.1) is 0 Å². The number of carbonyl (C=O) groups is 1. The van der Waals surface area contributed by atoms with Crippen LogP contribution in [0.25, 0.3) is 0 Å². The van der Waals surface area contributed by atoms with Gasteiger partial charge in [-0.15, -0.1) is 0 Å². The Morgan fingerprint density at radius 2 is 2.11 bits per heavy atom. The maximum absolute atomic E-state index is 11.4. The average molecular weight is 260 g/mol. The van der Waals surface area contributed by atoms with Crippen LogP contribution in [0.5, 0.6) is 0 Å². The Bertz CT molecular complexity index is 442. The van der Waals surface area contributed by atoms with Gasteiger partial charge in [0.15, 0.2) is 0 Å². The van der Waals surface area contributed by atoms with Crippen molar-refractivity contribution >= 4 is 5.91 Å². The molecule has 104 valence electrons. The third-order valence-corrected chi connectivity index (χ3v) is 3.80. The minimum absolute atomic E-state index is 0.121. The smallest absolute Gasteiger partial charge is 0.221 e. The number of rotatable bonds is 6. The van der Waals surface area contributed by atoms with Crippen LogP contribution in [0.1, 0.15) is 49.4 Å². The van der Waals surface area contributed by atoms with Gasteiger partial charge in [-0.25, -0.2) is 0 Å². The number of aryl methyl sites for hydroxylation is 2. The van der Waals surface area contributed by atoms with Gasteiger partial charge >= 0.3 is 0 Å². The molecule has 0 spiro atoms. The molecule has 0 fully saturated rings. The van der Waals surface area contributed by atoms with Gasteiger partial charge in [-0.05, 0) is 49.8 Å². The Morgan fingerprint density at radius 1 is 1.32 bits per heavy atom. The molecule has 1 amide bonds. The zero-order chi connectivity index (χ0) is 13.7. The zero-order valence-electron chi connectivity index (χ0n) is 12.0. The van der Waals surface area contributed by atoms with E-state index in [2.05, 4.69) is 35.8 Å². The molecule has 2 rings (SSSR count). The standard InChI is InChI=1S/C16H24N2O/c1-3-17-16(19)9-10-18-12(2)14-8-7-13-5-4-6-15(13)11-14/h7-8,11-12,18H,3-6,9-10H2,1-2H3,(H,17,19). The van der Waals surface area contributed by atoms with Crippen molar-refractivity contribution in [2.45, 2.75) is 45.6 Å². The summed E-state index contributed by atoms with van der Waals surface area (Å²) in [7, 11) is 0. The van der Waals surface area contributed by atoms with Crippen molar-refractivity contribution in [3.05, 3.63) is 34.9 Å². The first-order valence-corrected chi connectivity index (χ1v) is 7.32. The molecule has 3 heteroatoms. The largest absolute Gasteiger partial charge is 0.356 e. The fourth-order valence-corrected chi connectivity index (χ4v) is 2.67. The number of amides is 1. The molecule has 0 aliphatic heterocycles. The normalized spacial score (nSPS) is 15.1. The molecular formula is C16H24N2O. The van der Waals surface area contributed by atoms with Gasteiger partial charge in [-0.2, -0.15) is 0 Å². The van der Waals surface area contributed by atoms with Gasteiger partial charge in [0.2, 0.25) is 5.91 Å². The quantitative estimate of drug-likeness (QED) is 0.824. The molecular weight excluding hydrogens is 236 g/mol. The Hall–Kier alpha value is -1.35. The maximum Gasteiger partial charge on any atom is 0.221 e. The molecule has 0 bridgehead atoms. The van der Waals surface area contributed by atoms with Crippen LogP contribution in [0.15, 0.2) is 18.2 Å². The van der Waals surface area contributed by atoms with Crippen molar-refractivity contribution in [2.24, 2.45) is 0 Å². The fraction of sp³-hybridized carbons (Fsp3) is 0.562. The van der Waals surface area contributed by atoms with Gasteiger partial charge in [0.05, 0.1) is 0 Å². The molecule has 1 aromatic carbocycles. The van der Waals surface area contributed by atoms with Crippen molar-refractivity contribution in [3.8, 4) is 0 Å². The molecule has 19 heavy (non-hydrogen) atoms. The second kappa shape index (κ2) is 6.71. The van der Waals surface area contributed by atoms with E-state index in [1.807, 2.05) is 6.92 Å². The summed E-state index contributed by atoms with van der Waals surface area (Å²) in [6, 6.07) is 7.11. The van der Waals surface area contributed by atoms with Crippen molar-refractivity contribution < 1.29 is 4.79 Å². The van der Waals surface area contributed by atoms with E-state index in [9.17, 15) is 4.79 Å². The second-order valence-electron chi connectivity index (χ2n) is 5.26. The van der Waals surface area contributed by atoms with Gasteiger partial charge in [-0.3, -0.25) is 4.79 Å². The van der Waals surface area contributed by atoms with Crippen LogP contribution in [0.4, 0.5) is 0 Å². The molecule has 0 saturated heterocycles. The van der Waals surface area contributed by atoms with Gasteiger partial charge in [-0.1, -0.05) is 18.2 Å². The number of nitrogens with one attached hydrogen (secondary N) is 2. The maximum atomic E-state index is 11.4. The highest BCUT2D eigenvalue weighted by molar-refractivity contribution is 5.75. The number of hydrogen-bond acceptors (Lipinski definition) is 2. The highest BCUT2D eigenvalue weighted by Crippen LogP contribution is 2.25. The van der Waals surface area contributed by atoms with E-state index in [0.717, 1.165) is 6.54 Å². The monoisotopic (exact) mass is 260 g/mol. The average Bonchev–Trinajstić information content (AvgIpc) is 2.86. The van der Waals surface area contributed by atoms with E-state index in [1.165, 1.54) is 36.0 Å². The van der Waals surface area contributed by atoms with E-state index in [4.69, 9.17) is 0 Å². The lowest BCUT2D eigenvalue weighted by atomic mass is 10.0. The third kappa shape index (κ3) is 3.80. The first kappa shape index (κ1) is 14.1. The fourth-order valence-electron chi connectivity index (χ4n) is 2.67. The molecule has 0 aromatic heterocycles. The van der Waals surface area contributed by atoms with Crippen LogP contribution in [-0.2, 0) is 17.6 Å². The Kier molecular flexibility index (Phi) is 4.97. The molecule has 1 aromatic rings. The Balaban J connectivity index is 1.83. The number of benzene rings is 1. The second-order valence-corrected chi connectivity index (χ2v) is 5.26. The van der Waals surface area contributed by atoms with Crippen LogP contribution >= 0.6 is 0 Å². The molecule has 3 nitrogen and oxygen atoms in total. The predicted octanol–water partition coefficient (Wildman–Crippen LogP) is 2.35. The van der Waals surface area contributed by atoms with Gasteiger partial charge < -0.3 is 10.6 Å². The highest BCUT2D eigenvalue weighted by atomic mass is 16.1. The summed E-state index contributed by atoms with van der Waals surface area (Å²) in [5.41, 5.74) is 4.35. The lowest BCUT2D eigenvalue weighted by Gasteiger charge is -2.15. The molecule has 0 saturated carbocycles. The first-order chi connectivity index (χ1) is 9.20. The van der Waals surface area contributed by atoms with E-state index in [0.29, 0.717) is 19.0 Å².